The number of fused-ring (bicyclic) bond motifs is 3. The molecule has 1 saturated carbocycles. The first-order valence-electron chi connectivity index (χ1n) is 11.3. The minimum atomic E-state index is -1.21. The van der Waals surface area contributed by atoms with Gasteiger partial charge in [0.1, 0.15) is 28.7 Å². The quantitative estimate of drug-likeness (QED) is 0.360. The zero-order valence-corrected chi connectivity index (χ0v) is 19.8. The zero-order chi connectivity index (χ0) is 24.9. The average Bonchev–Trinajstić information content (AvgIpc) is 3.41. The van der Waals surface area contributed by atoms with Gasteiger partial charge in [0.05, 0.1) is 6.54 Å². The number of nitrogens with two attached hydrogens (primary N) is 1. The molecule has 0 spiro atoms. The van der Waals surface area contributed by atoms with E-state index >= 15 is 0 Å². The number of carbonyl (C=O) groups is 3. The SMILES string of the molecule is CC1C2B(O)Oc3c(ccc(OC4CN(C[C@](C)(N)C(=O)NCC(=O)N(C)C)C4)c3C(=O)O)C12. The second-order valence-electron chi connectivity index (χ2n) is 9.96. The molecule has 0 bridgehead atoms. The van der Waals surface area contributed by atoms with Crippen LogP contribution in [0.15, 0.2) is 12.1 Å². The smallest absolute Gasteiger partial charge is 0.526 e. The second kappa shape index (κ2) is 8.75. The number of carboxylic acids is 1. The number of aromatic carboxylic acids is 1. The highest BCUT2D eigenvalue weighted by atomic mass is 16.5. The molecular weight excluding hydrogens is 443 g/mol. The van der Waals surface area contributed by atoms with E-state index in [2.05, 4.69) is 5.32 Å². The number of rotatable bonds is 8. The van der Waals surface area contributed by atoms with Crippen molar-refractivity contribution in [1.29, 1.82) is 0 Å². The Bertz CT molecular complexity index is 1010. The fourth-order valence-corrected chi connectivity index (χ4v) is 4.85. The molecule has 5 N–H and O–H groups in total. The maximum absolute atomic E-state index is 12.4. The van der Waals surface area contributed by atoms with Crippen molar-refractivity contribution < 1.29 is 33.9 Å². The summed E-state index contributed by atoms with van der Waals surface area (Å²) in [6, 6.07) is 3.47. The topological polar surface area (TPSA) is 155 Å². The minimum Gasteiger partial charge on any atom is -0.535 e. The van der Waals surface area contributed by atoms with E-state index in [0.29, 0.717) is 13.1 Å². The van der Waals surface area contributed by atoms with Gasteiger partial charge in [-0.25, -0.2) is 4.79 Å². The highest BCUT2D eigenvalue weighted by molar-refractivity contribution is 6.48. The predicted octanol–water partition coefficient (Wildman–Crippen LogP) is -0.654. The van der Waals surface area contributed by atoms with E-state index in [-0.39, 0.29) is 59.8 Å². The number of hydrogen-bond donors (Lipinski definition) is 4. The summed E-state index contributed by atoms with van der Waals surface area (Å²) in [5.41, 5.74) is 5.67. The van der Waals surface area contributed by atoms with Gasteiger partial charge in [-0.15, -0.1) is 0 Å². The molecule has 2 aliphatic heterocycles. The first-order chi connectivity index (χ1) is 15.9. The van der Waals surface area contributed by atoms with Crippen LogP contribution < -0.4 is 20.4 Å². The van der Waals surface area contributed by atoms with Crippen LogP contribution in [0.25, 0.3) is 0 Å². The lowest BCUT2D eigenvalue weighted by Gasteiger charge is -2.42. The molecule has 4 atom stereocenters. The molecule has 0 aromatic heterocycles. The van der Waals surface area contributed by atoms with Gasteiger partial charge in [-0.1, -0.05) is 13.0 Å². The molecule has 2 fully saturated rings. The fraction of sp³-hybridized carbons (Fsp3) is 0.591. The lowest BCUT2D eigenvalue weighted by Crippen LogP contribution is -2.64. The lowest BCUT2D eigenvalue weighted by molar-refractivity contribution is -0.133. The van der Waals surface area contributed by atoms with Gasteiger partial charge in [-0.3, -0.25) is 14.5 Å². The Balaban J connectivity index is 1.35. The van der Waals surface area contributed by atoms with Crippen LogP contribution in [0.1, 0.15) is 35.7 Å². The summed E-state index contributed by atoms with van der Waals surface area (Å²) in [6.07, 6.45) is -0.286. The van der Waals surface area contributed by atoms with Gasteiger partial charge in [0, 0.05) is 39.5 Å². The van der Waals surface area contributed by atoms with Crippen molar-refractivity contribution in [3.63, 3.8) is 0 Å². The van der Waals surface area contributed by atoms with Crippen molar-refractivity contribution in [2.24, 2.45) is 11.7 Å². The number of amides is 2. The van der Waals surface area contributed by atoms with Crippen LogP contribution in [0.5, 0.6) is 11.5 Å². The maximum Gasteiger partial charge on any atom is 0.526 e. The molecule has 12 heteroatoms. The van der Waals surface area contributed by atoms with E-state index in [0.717, 1.165) is 5.56 Å². The molecule has 3 unspecified atom stereocenters. The maximum atomic E-state index is 12.4. The molecule has 184 valence electrons. The largest absolute Gasteiger partial charge is 0.535 e. The van der Waals surface area contributed by atoms with Crippen LogP contribution >= 0.6 is 0 Å². The van der Waals surface area contributed by atoms with Crippen molar-refractivity contribution in [3.8, 4) is 11.5 Å². The van der Waals surface area contributed by atoms with Crippen molar-refractivity contribution in [2.75, 3.05) is 40.3 Å². The Kier molecular flexibility index (Phi) is 6.26. The standard InChI is InChI=1S/C22H31BN4O7/c1-11-16-13-5-6-14(17(20(29)30)19(13)34-23(32)18(11)16)33-12-8-27(9-12)10-22(2,24)21(31)25-7-15(28)26(3)4/h5-6,11-12,16,18,32H,7-10,24H2,1-4H3,(H,25,31)(H,29,30)/t11?,16?,18?,22-/m0/s1. The van der Waals surface area contributed by atoms with Crippen LogP contribution in [0.4, 0.5) is 0 Å². The first kappa shape index (κ1) is 24.3. The third-order valence-electron chi connectivity index (χ3n) is 6.93. The van der Waals surface area contributed by atoms with E-state index in [1.165, 1.54) is 4.90 Å². The monoisotopic (exact) mass is 474 g/mol. The number of carbonyl (C=O) groups excluding carboxylic acids is 2. The Morgan fingerprint density at radius 1 is 1.35 bits per heavy atom. The number of carboxylic acid groups (broad SMARTS) is 1. The van der Waals surface area contributed by atoms with Gasteiger partial charge < -0.3 is 35.5 Å². The number of ether oxygens (including phenoxy) is 1. The van der Waals surface area contributed by atoms with Crippen molar-refractivity contribution in [2.45, 2.75) is 37.2 Å². The highest BCUT2D eigenvalue weighted by Gasteiger charge is 2.60. The molecule has 4 rings (SSSR count). The summed E-state index contributed by atoms with van der Waals surface area (Å²) in [7, 11) is 2.18. The number of likely N-dealkylation sites (N-methyl/N-ethyl adjacent to an activating group) is 1. The third kappa shape index (κ3) is 4.45. The molecule has 1 saturated heterocycles. The number of nitrogens with one attached hydrogen (secondary N) is 1. The Morgan fingerprint density at radius 2 is 2.03 bits per heavy atom. The molecule has 2 heterocycles. The summed E-state index contributed by atoms with van der Waals surface area (Å²) in [6.45, 7) is 4.64. The molecule has 11 nitrogen and oxygen atoms in total. The van der Waals surface area contributed by atoms with E-state index in [1.54, 1.807) is 27.1 Å². The molecule has 2 amide bonds. The molecule has 34 heavy (non-hydrogen) atoms. The molecule has 0 radical (unpaired) electrons. The molecule has 3 aliphatic rings. The zero-order valence-electron chi connectivity index (χ0n) is 19.8. The van der Waals surface area contributed by atoms with Crippen LogP contribution in [-0.4, -0.2) is 96.7 Å². The minimum absolute atomic E-state index is 0.00937. The Hall–Kier alpha value is -2.83. The molecular formula is C22H31BN4O7. The summed E-state index contributed by atoms with van der Waals surface area (Å²) >= 11 is 0. The molecule has 1 aliphatic carbocycles. The van der Waals surface area contributed by atoms with Gasteiger partial charge in [-0.05, 0) is 30.4 Å². The predicted molar refractivity (Wildman–Crippen MR) is 123 cm³/mol. The van der Waals surface area contributed by atoms with Gasteiger partial charge in [0.15, 0.2) is 0 Å². The fourth-order valence-electron chi connectivity index (χ4n) is 4.85. The first-order valence-corrected chi connectivity index (χ1v) is 11.3. The van der Waals surface area contributed by atoms with Gasteiger partial charge >= 0.3 is 13.1 Å². The highest BCUT2D eigenvalue weighted by Crippen LogP contribution is 2.65. The number of likely N-dealkylation sites (tertiary alicyclic amines) is 1. The third-order valence-corrected chi connectivity index (χ3v) is 6.93. The summed E-state index contributed by atoms with van der Waals surface area (Å²) in [5.74, 6) is -1.17. The Labute approximate surface area is 198 Å². The molecule has 1 aromatic carbocycles. The summed E-state index contributed by atoms with van der Waals surface area (Å²) in [5, 5.41) is 22.6. The molecule has 1 aromatic rings. The van der Waals surface area contributed by atoms with E-state index in [1.807, 2.05) is 17.9 Å². The van der Waals surface area contributed by atoms with Crippen LogP contribution in [0.2, 0.25) is 5.82 Å². The van der Waals surface area contributed by atoms with Crippen LogP contribution in [0.3, 0.4) is 0 Å². The normalized spacial score (nSPS) is 25.1. The van der Waals surface area contributed by atoms with Gasteiger partial charge in [0.25, 0.3) is 0 Å². The summed E-state index contributed by atoms with van der Waals surface area (Å²) < 4.78 is 11.5. The number of nitrogens with zero attached hydrogens (tertiary/aromatic N) is 2. The van der Waals surface area contributed by atoms with Gasteiger partial charge in [-0.2, -0.15) is 0 Å². The lowest BCUT2D eigenvalue weighted by atomic mass is 9.76. The van der Waals surface area contributed by atoms with E-state index < -0.39 is 24.5 Å². The van der Waals surface area contributed by atoms with Crippen molar-refractivity contribution in [1.82, 2.24) is 15.1 Å². The van der Waals surface area contributed by atoms with Crippen LogP contribution in [0, 0.1) is 5.92 Å². The van der Waals surface area contributed by atoms with E-state index in [4.69, 9.17) is 15.1 Å². The second-order valence-corrected chi connectivity index (χ2v) is 9.96. The van der Waals surface area contributed by atoms with E-state index in [9.17, 15) is 24.5 Å². The van der Waals surface area contributed by atoms with Crippen LogP contribution in [-0.2, 0) is 9.59 Å². The Morgan fingerprint density at radius 3 is 2.65 bits per heavy atom. The summed E-state index contributed by atoms with van der Waals surface area (Å²) in [4.78, 5) is 39.4. The number of hydrogen-bond acceptors (Lipinski definition) is 8. The average molecular weight is 474 g/mol. The van der Waals surface area contributed by atoms with Gasteiger partial charge in [0.2, 0.25) is 11.8 Å². The van der Waals surface area contributed by atoms with Crippen molar-refractivity contribution >= 4 is 24.9 Å². The number of benzene rings is 1. The van der Waals surface area contributed by atoms with Crippen molar-refractivity contribution in [3.05, 3.63) is 23.3 Å².